The van der Waals surface area contributed by atoms with Gasteiger partial charge in [-0.05, 0) is 20.8 Å². The molecule has 1 aromatic carbocycles. The van der Waals surface area contributed by atoms with Crippen LogP contribution in [-0.4, -0.2) is 22.9 Å². The van der Waals surface area contributed by atoms with Gasteiger partial charge in [0.05, 0.1) is 23.6 Å². The quantitative estimate of drug-likeness (QED) is 0.656. The van der Waals surface area contributed by atoms with Gasteiger partial charge >= 0.3 is 0 Å². The topological polar surface area (TPSA) is 84.3 Å². The first-order valence-electron chi connectivity index (χ1n) is 5.78. The molecule has 0 bridgehead atoms. The van der Waals surface area contributed by atoms with Crippen molar-refractivity contribution in [3.8, 4) is 0 Å². The smallest absolute Gasteiger partial charge is 0.275 e. The Kier molecular flexibility index (Phi) is 4.59. The Bertz CT molecular complexity index is 518. The summed E-state index contributed by atoms with van der Waals surface area (Å²) in [6.45, 7) is 4.94. The van der Waals surface area contributed by atoms with Crippen LogP contribution in [-0.2, 0) is 4.79 Å². The number of hydrogen-bond acceptors (Lipinski definition) is 4. The third-order valence-electron chi connectivity index (χ3n) is 2.18. The summed E-state index contributed by atoms with van der Waals surface area (Å²) < 4.78 is 27.0. The van der Waals surface area contributed by atoms with Crippen LogP contribution in [0.15, 0.2) is 12.1 Å². The molecule has 0 aliphatic carbocycles. The van der Waals surface area contributed by atoms with E-state index in [1.165, 1.54) is 0 Å². The minimum atomic E-state index is -1.12. The fourth-order valence-corrected chi connectivity index (χ4v) is 1.47. The van der Waals surface area contributed by atoms with Crippen molar-refractivity contribution in [1.82, 2.24) is 5.32 Å². The second-order valence-electron chi connectivity index (χ2n) is 5.19. The molecule has 1 rings (SSSR count). The standard InChI is InChI=1S/C12H15F2N3O3/c1-12(2,3)16-10(18)6-15-11-8(13)4-7(17(19)20)5-9(11)14/h4-5,15H,6H2,1-3H3,(H,16,18). The lowest BCUT2D eigenvalue weighted by atomic mass is 10.1. The predicted octanol–water partition coefficient (Wildman–Crippen LogP) is 2.20. The molecule has 1 amide bonds. The van der Waals surface area contributed by atoms with Crippen LogP contribution >= 0.6 is 0 Å². The summed E-state index contributed by atoms with van der Waals surface area (Å²) in [7, 11) is 0. The summed E-state index contributed by atoms with van der Waals surface area (Å²) in [5.74, 6) is -2.70. The summed E-state index contributed by atoms with van der Waals surface area (Å²) >= 11 is 0. The van der Waals surface area contributed by atoms with Gasteiger partial charge in [-0.15, -0.1) is 0 Å². The third-order valence-corrected chi connectivity index (χ3v) is 2.18. The highest BCUT2D eigenvalue weighted by Crippen LogP contribution is 2.24. The van der Waals surface area contributed by atoms with Crippen LogP contribution in [0, 0.1) is 21.7 Å². The molecule has 0 atom stereocenters. The highest BCUT2D eigenvalue weighted by atomic mass is 19.1. The van der Waals surface area contributed by atoms with Crippen molar-refractivity contribution >= 4 is 17.3 Å². The molecular formula is C12H15F2N3O3. The monoisotopic (exact) mass is 287 g/mol. The average Bonchev–Trinajstić information content (AvgIpc) is 2.24. The summed E-state index contributed by atoms with van der Waals surface area (Å²) in [4.78, 5) is 21.0. The van der Waals surface area contributed by atoms with Gasteiger partial charge in [0.15, 0.2) is 11.6 Å². The Hall–Kier alpha value is -2.25. The number of benzene rings is 1. The molecule has 1 aromatic rings. The minimum Gasteiger partial charge on any atom is -0.371 e. The molecule has 0 unspecified atom stereocenters. The van der Waals surface area contributed by atoms with E-state index < -0.39 is 39.4 Å². The van der Waals surface area contributed by atoms with Crippen LogP contribution in [0.25, 0.3) is 0 Å². The molecule has 0 saturated carbocycles. The number of nitrogens with zero attached hydrogens (tertiary/aromatic N) is 1. The number of nitrogens with one attached hydrogen (secondary N) is 2. The van der Waals surface area contributed by atoms with Crippen molar-refractivity contribution in [2.45, 2.75) is 26.3 Å². The zero-order valence-corrected chi connectivity index (χ0v) is 11.3. The van der Waals surface area contributed by atoms with Crippen molar-refractivity contribution in [1.29, 1.82) is 0 Å². The number of hydrogen-bond donors (Lipinski definition) is 2. The summed E-state index contributed by atoms with van der Waals surface area (Å²) in [6.07, 6.45) is 0. The summed E-state index contributed by atoms with van der Waals surface area (Å²) in [5, 5.41) is 15.3. The van der Waals surface area contributed by atoms with Gasteiger partial charge in [-0.25, -0.2) is 8.78 Å². The predicted molar refractivity (Wildman–Crippen MR) is 69.4 cm³/mol. The van der Waals surface area contributed by atoms with E-state index in [2.05, 4.69) is 10.6 Å². The number of carbonyl (C=O) groups excluding carboxylic acids is 1. The maximum atomic E-state index is 13.5. The molecule has 0 aliphatic heterocycles. The number of nitro benzene ring substituents is 1. The molecule has 0 fully saturated rings. The van der Waals surface area contributed by atoms with Gasteiger partial charge in [-0.3, -0.25) is 14.9 Å². The molecule has 20 heavy (non-hydrogen) atoms. The first-order chi connectivity index (χ1) is 9.10. The average molecular weight is 287 g/mol. The molecule has 0 aliphatic rings. The fourth-order valence-electron chi connectivity index (χ4n) is 1.47. The van der Waals surface area contributed by atoms with Gasteiger partial charge in [0.2, 0.25) is 5.91 Å². The summed E-state index contributed by atoms with van der Waals surface area (Å²) in [5.41, 5.74) is -1.73. The molecule has 2 N–H and O–H groups in total. The Balaban J connectivity index is 2.79. The molecule has 0 radical (unpaired) electrons. The fraction of sp³-hybridized carbons (Fsp3) is 0.417. The van der Waals surface area contributed by atoms with Gasteiger partial charge in [0, 0.05) is 5.54 Å². The number of rotatable bonds is 4. The van der Waals surface area contributed by atoms with Crippen molar-refractivity contribution < 1.29 is 18.5 Å². The van der Waals surface area contributed by atoms with Crippen LogP contribution in [0.3, 0.4) is 0 Å². The number of anilines is 1. The van der Waals surface area contributed by atoms with Crippen LogP contribution in [0.2, 0.25) is 0 Å². The maximum absolute atomic E-state index is 13.5. The summed E-state index contributed by atoms with van der Waals surface area (Å²) in [6, 6.07) is 1.18. The highest BCUT2D eigenvalue weighted by molar-refractivity contribution is 5.81. The van der Waals surface area contributed by atoms with Crippen LogP contribution in [0.4, 0.5) is 20.2 Å². The second kappa shape index (κ2) is 5.81. The first kappa shape index (κ1) is 15.8. The number of nitro groups is 1. The van der Waals surface area contributed by atoms with Gasteiger partial charge in [0.1, 0.15) is 5.69 Å². The lowest BCUT2D eigenvalue weighted by Crippen LogP contribution is -2.43. The van der Waals surface area contributed by atoms with Crippen molar-refractivity contribution in [3.05, 3.63) is 33.9 Å². The van der Waals surface area contributed by atoms with Crippen LogP contribution in [0.1, 0.15) is 20.8 Å². The lowest BCUT2D eigenvalue weighted by Gasteiger charge is -2.20. The third kappa shape index (κ3) is 4.45. The normalized spacial score (nSPS) is 11.1. The Morgan fingerprint density at radius 1 is 1.30 bits per heavy atom. The molecule has 0 spiro atoms. The van der Waals surface area contributed by atoms with E-state index in [-0.39, 0.29) is 6.54 Å². The van der Waals surface area contributed by atoms with Gasteiger partial charge in [0.25, 0.3) is 5.69 Å². The lowest BCUT2D eigenvalue weighted by molar-refractivity contribution is -0.385. The van der Waals surface area contributed by atoms with E-state index in [0.717, 1.165) is 0 Å². The number of halogens is 2. The Morgan fingerprint density at radius 2 is 1.80 bits per heavy atom. The largest absolute Gasteiger partial charge is 0.371 e. The number of amides is 1. The number of non-ortho nitro benzene ring substituents is 1. The molecule has 0 saturated heterocycles. The van der Waals surface area contributed by atoms with E-state index in [4.69, 9.17) is 0 Å². The second-order valence-corrected chi connectivity index (χ2v) is 5.19. The molecule has 0 heterocycles. The van der Waals surface area contributed by atoms with E-state index in [1.54, 1.807) is 20.8 Å². The molecular weight excluding hydrogens is 272 g/mol. The zero-order chi connectivity index (χ0) is 15.5. The van der Waals surface area contributed by atoms with E-state index in [9.17, 15) is 23.7 Å². The Morgan fingerprint density at radius 3 is 2.20 bits per heavy atom. The van der Waals surface area contributed by atoms with Gasteiger partial charge in [-0.2, -0.15) is 0 Å². The van der Waals surface area contributed by atoms with Gasteiger partial charge in [-0.1, -0.05) is 0 Å². The van der Waals surface area contributed by atoms with Crippen molar-refractivity contribution in [2.24, 2.45) is 0 Å². The highest BCUT2D eigenvalue weighted by Gasteiger charge is 2.18. The molecule has 6 nitrogen and oxygen atoms in total. The first-order valence-corrected chi connectivity index (χ1v) is 5.78. The molecule has 0 aromatic heterocycles. The van der Waals surface area contributed by atoms with E-state index in [1.807, 2.05) is 0 Å². The maximum Gasteiger partial charge on any atom is 0.275 e. The van der Waals surface area contributed by atoms with E-state index >= 15 is 0 Å². The Labute approximate surface area is 114 Å². The van der Waals surface area contributed by atoms with Crippen LogP contribution < -0.4 is 10.6 Å². The molecule has 8 heteroatoms. The van der Waals surface area contributed by atoms with Crippen molar-refractivity contribution in [3.63, 3.8) is 0 Å². The molecule has 110 valence electrons. The van der Waals surface area contributed by atoms with Crippen molar-refractivity contribution in [2.75, 3.05) is 11.9 Å². The van der Waals surface area contributed by atoms with E-state index in [0.29, 0.717) is 12.1 Å². The van der Waals surface area contributed by atoms with Gasteiger partial charge < -0.3 is 10.6 Å². The minimum absolute atomic E-state index is 0.344. The zero-order valence-electron chi connectivity index (χ0n) is 11.3. The number of carbonyl (C=O) groups is 1. The SMILES string of the molecule is CC(C)(C)NC(=O)CNc1c(F)cc([N+](=O)[O-])cc1F. The van der Waals surface area contributed by atoms with Crippen LogP contribution in [0.5, 0.6) is 0 Å².